The summed E-state index contributed by atoms with van der Waals surface area (Å²) in [5, 5.41) is 3.71. The third-order valence-corrected chi connectivity index (χ3v) is 7.24. The van der Waals surface area contributed by atoms with Gasteiger partial charge in [-0.05, 0) is 42.5 Å². The largest absolute Gasteiger partial charge is 0.354 e. The first-order valence-electron chi connectivity index (χ1n) is 7.53. The van der Waals surface area contributed by atoms with Crippen LogP contribution in [0.1, 0.15) is 27.7 Å². The summed E-state index contributed by atoms with van der Waals surface area (Å²) in [6.07, 6.45) is 0.169. The van der Waals surface area contributed by atoms with Crippen molar-refractivity contribution in [2.75, 3.05) is 12.4 Å². The molecule has 0 aliphatic heterocycles. The Bertz CT molecular complexity index is 801. The number of aryl methyl sites for hydroxylation is 2. The van der Waals surface area contributed by atoms with E-state index in [0.29, 0.717) is 15.3 Å². The van der Waals surface area contributed by atoms with Gasteiger partial charge in [0.25, 0.3) is 0 Å². The lowest BCUT2D eigenvalue weighted by atomic mass is 10.2. The predicted octanol–water partition coefficient (Wildman–Crippen LogP) is 3.63. The summed E-state index contributed by atoms with van der Waals surface area (Å²) >= 11 is 6.93. The number of rotatable bonds is 7. The minimum Gasteiger partial charge on any atom is -0.354 e. The van der Waals surface area contributed by atoms with Crippen molar-refractivity contribution in [1.29, 1.82) is 0 Å². The highest BCUT2D eigenvalue weighted by molar-refractivity contribution is 7.92. The monoisotopic (exact) mass is 385 g/mol. The third-order valence-electron chi connectivity index (χ3n) is 3.69. The quantitative estimate of drug-likeness (QED) is 0.740. The number of alkyl halides is 1. The Labute approximate surface area is 151 Å². The Balaban J connectivity index is 2.39. The second-order valence-corrected chi connectivity index (χ2v) is 9.02. The molecule has 24 heavy (non-hydrogen) atoms. The fraction of sp³-hybridized carbons (Fsp3) is 0.353. The molecule has 0 spiro atoms. The predicted molar refractivity (Wildman–Crippen MR) is 98.5 cm³/mol. The molecule has 1 aromatic carbocycles. The molecule has 7 heteroatoms. The lowest BCUT2D eigenvalue weighted by Crippen LogP contribution is -2.31. The van der Waals surface area contributed by atoms with Crippen LogP contribution >= 0.6 is 22.9 Å². The molecule has 0 unspecified atom stereocenters. The van der Waals surface area contributed by atoms with E-state index in [1.807, 2.05) is 24.4 Å². The first-order valence-corrected chi connectivity index (χ1v) is 10.5. The molecule has 2 aromatic rings. The van der Waals surface area contributed by atoms with Gasteiger partial charge in [-0.1, -0.05) is 18.2 Å². The van der Waals surface area contributed by atoms with E-state index >= 15 is 0 Å². The van der Waals surface area contributed by atoms with Gasteiger partial charge in [0.15, 0.2) is 9.84 Å². The van der Waals surface area contributed by atoms with Crippen LogP contribution in [-0.4, -0.2) is 26.7 Å². The van der Waals surface area contributed by atoms with E-state index in [2.05, 4.69) is 5.32 Å². The molecule has 0 aliphatic rings. The summed E-state index contributed by atoms with van der Waals surface area (Å²) < 4.78 is 26.4. The van der Waals surface area contributed by atoms with E-state index in [1.54, 1.807) is 25.1 Å². The van der Waals surface area contributed by atoms with Gasteiger partial charge in [-0.3, -0.25) is 4.79 Å². The number of amides is 1. The molecule has 1 atom stereocenters. The summed E-state index contributed by atoms with van der Waals surface area (Å²) in [5.74, 6) is -0.0399. The molecule has 0 fully saturated rings. The highest BCUT2D eigenvalue weighted by Crippen LogP contribution is 2.33. The first-order chi connectivity index (χ1) is 11.4. The minimum atomic E-state index is -3.63. The number of hydrogen-bond acceptors (Lipinski definition) is 4. The summed E-state index contributed by atoms with van der Waals surface area (Å²) in [6.45, 7) is 3.68. The Kier molecular flexibility index (Phi) is 6.43. The fourth-order valence-electron chi connectivity index (χ4n) is 2.39. The van der Waals surface area contributed by atoms with Gasteiger partial charge in [0.2, 0.25) is 5.91 Å². The number of hydrogen-bond donors (Lipinski definition) is 1. The fourth-order valence-corrected chi connectivity index (χ4v) is 5.67. The highest BCUT2D eigenvalue weighted by Gasteiger charge is 2.31. The van der Waals surface area contributed by atoms with Gasteiger partial charge in [-0.2, -0.15) is 0 Å². The van der Waals surface area contributed by atoms with Crippen LogP contribution in [-0.2, 0) is 14.6 Å². The molecule has 2 rings (SSSR count). The van der Waals surface area contributed by atoms with Crippen molar-refractivity contribution in [3.8, 4) is 0 Å². The van der Waals surface area contributed by atoms with Crippen molar-refractivity contribution < 1.29 is 13.2 Å². The number of carbonyl (C=O) groups is 1. The van der Waals surface area contributed by atoms with Gasteiger partial charge in [-0.15, -0.1) is 22.9 Å². The molecule has 0 radical (unpaired) electrons. The Morgan fingerprint density at radius 2 is 2.04 bits per heavy atom. The number of carbonyl (C=O) groups excluding carboxylic acids is 1. The maximum absolute atomic E-state index is 13.2. The number of sulfone groups is 1. The van der Waals surface area contributed by atoms with Crippen molar-refractivity contribution in [3.05, 3.63) is 51.7 Å². The molecule has 1 N–H and O–H groups in total. The topological polar surface area (TPSA) is 63.2 Å². The third kappa shape index (κ3) is 4.37. The number of thiophene rings is 1. The second-order valence-electron chi connectivity index (χ2n) is 5.56. The lowest BCUT2D eigenvalue weighted by molar-refractivity contribution is -0.120. The van der Waals surface area contributed by atoms with Crippen LogP contribution in [0.3, 0.4) is 0 Å². The number of nitrogens with one attached hydrogen (secondary N) is 1. The van der Waals surface area contributed by atoms with E-state index in [4.69, 9.17) is 11.6 Å². The van der Waals surface area contributed by atoms with Crippen molar-refractivity contribution in [1.82, 2.24) is 5.32 Å². The molecule has 4 nitrogen and oxygen atoms in total. The van der Waals surface area contributed by atoms with Gasteiger partial charge in [0.1, 0.15) is 5.25 Å². The SMILES string of the molecule is Cc1ccc(C)c(S(=O)(=O)[C@@H](CNC(=O)CCCl)c2cccs2)c1. The van der Waals surface area contributed by atoms with E-state index in [-0.39, 0.29) is 24.8 Å². The summed E-state index contributed by atoms with van der Waals surface area (Å²) in [5.41, 5.74) is 1.59. The first kappa shape index (κ1) is 19.0. The lowest BCUT2D eigenvalue weighted by Gasteiger charge is -2.19. The summed E-state index contributed by atoms with van der Waals surface area (Å²) in [4.78, 5) is 12.7. The summed E-state index contributed by atoms with van der Waals surface area (Å²) in [6, 6.07) is 8.97. The van der Waals surface area contributed by atoms with Crippen LogP contribution < -0.4 is 5.32 Å². The van der Waals surface area contributed by atoms with Gasteiger partial charge >= 0.3 is 0 Å². The van der Waals surface area contributed by atoms with Gasteiger partial charge < -0.3 is 5.32 Å². The standard InChI is InChI=1S/C17H20ClNO3S2/c1-12-5-6-13(2)15(10-12)24(21,22)16(14-4-3-9-23-14)11-19-17(20)7-8-18/h3-6,9-10,16H,7-8,11H2,1-2H3,(H,19,20)/t16-/m0/s1. The van der Waals surface area contributed by atoms with Crippen LogP contribution in [0.2, 0.25) is 0 Å². The van der Waals surface area contributed by atoms with E-state index in [1.165, 1.54) is 11.3 Å². The molecule has 0 saturated heterocycles. The molecule has 0 bridgehead atoms. The average molecular weight is 386 g/mol. The van der Waals surface area contributed by atoms with Crippen LogP contribution in [0.25, 0.3) is 0 Å². The molecule has 1 aromatic heterocycles. The Morgan fingerprint density at radius 3 is 2.67 bits per heavy atom. The highest BCUT2D eigenvalue weighted by atomic mass is 35.5. The maximum atomic E-state index is 13.2. The van der Waals surface area contributed by atoms with Crippen molar-refractivity contribution in [2.45, 2.75) is 30.4 Å². The van der Waals surface area contributed by atoms with E-state index in [0.717, 1.165) is 5.56 Å². The number of halogens is 1. The average Bonchev–Trinajstić information content (AvgIpc) is 3.04. The molecule has 0 saturated carbocycles. The number of benzene rings is 1. The van der Waals surface area contributed by atoms with Gasteiger partial charge in [-0.25, -0.2) is 8.42 Å². The van der Waals surface area contributed by atoms with Gasteiger partial charge in [0, 0.05) is 23.7 Å². The van der Waals surface area contributed by atoms with Crippen LogP contribution in [0, 0.1) is 13.8 Å². The molecule has 0 aliphatic carbocycles. The minimum absolute atomic E-state index is 0.0337. The molecule has 130 valence electrons. The smallest absolute Gasteiger partial charge is 0.221 e. The zero-order chi connectivity index (χ0) is 17.7. The second kappa shape index (κ2) is 8.14. The maximum Gasteiger partial charge on any atom is 0.221 e. The van der Waals surface area contributed by atoms with Crippen molar-refractivity contribution in [3.63, 3.8) is 0 Å². The zero-order valence-corrected chi connectivity index (χ0v) is 16.0. The van der Waals surface area contributed by atoms with Crippen molar-refractivity contribution in [2.24, 2.45) is 0 Å². The van der Waals surface area contributed by atoms with E-state index in [9.17, 15) is 13.2 Å². The zero-order valence-electron chi connectivity index (χ0n) is 13.6. The molecular weight excluding hydrogens is 366 g/mol. The summed E-state index contributed by atoms with van der Waals surface area (Å²) in [7, 11) is -3.63. The Morgan fingerprint density at radius 1 is 1.29 bits per heavy atom. The van der Waals surface area contributed by atoms with Gasteiger partial charge in [0.05, 0.1) is 4.90 Å². The normalized spacial score (nSPS) is 12.8. The molecular formula is C17H20ClNO3S2. The molecule has 1 heterocycles. The van der Waals surface area contributed by atoms with Crippen molar-refractivity contribution >= 4 is 38.7 Å². The van der Waals surface area contributed by atoms with E-state index < -0.39 is 15.1 Å². The van der Waals surface area contributed by atoms with Crippen LogP contribution in [0.5, 0.6) is 0 Å². The Hall–Kier alpha value is -1.37. The van der Waals surface area contributed by atoms with Crippen LogP contribution in [0.15, 0.2) is 40.6 Å². The molecule has 1 amide bonds. The van der Waals surface area contributed by atoms with Crippen LogP contribution in [0.4, 0.5) is 0 Å².